The van der Waals surface area contributed by atoms with Crippen LogP contribution >= 0.6 is 0 Å². The fraction of sp³-hybridized carbons (Fsp3) is 0.417. The van der Waals surface area contributed by atoms with Crippen LogP contribution in [0.1, 0.15) is 25.3 Å². The van der Waals surface area contributed by atoms with Crippen molar-refractivity contribution in [2.75, 3.05) is 0 Å². The van der Waals surface area contributed by atoms with Gasteiger partial charge in [-0.25, -0.2) is 4.39 Å². The molecule has 0 N–H and O–H groups in total. The summed E-state index contributed by atoms with van der Waals surface area (Å²) >= 11 is 0. The first-order chi connectivity index (χ1) is 8.70. The second-order valence-corrected chi connectivity index (χ2v) is 4.22. The van der Waals surface area contributed by atoms with Gasteiger partial charge in [-0.05, 0) is 18.2 Å². The average Bonchev–Trinajstić information content (AvgIpc) is 2.93. The van der Waals surface area contributed by atoms with Crippen molar-refractivity contribution < 1.29 is 41.8 Å². The van der Waals surface area contributed by atoms with Crippen LogP contribution in [-0.4, -0.2) is 25.6 Å². The van der Waals surface area contributed by atoms with Crippen LogP contribution in [0.25, 0.3) is 11.2 Å². The summed E-state index contributed by atoms with van der Waals surface area (Å²) in [6.45, 7) is 3.76. The van der Waals surface area contributed by atoms with Gasteiger partial charge in [0.05, 0.1) is 18.1 Å². The van der Waals surface area contributed by atoms with Gasteiger partial charge in [0.2, 0.25) is 0 Å². The molecule has 3 heterocycles. The maximum Gasteiger partial charge on any atom is 0.179 e. The van der Waals surface area contributed by atoms with Crippen molar-refractivity contribution >= 4 is 11.2 Å². The molecule has 2 atom stereocenters. The molecule has 0 aliphatic carbocycles. The van der Waals surface area contributed by atoms with Crippen molar-refractivity contribution in [3.63, 3.8) is 0 Å². The van der Waals surface area contributed by atoms with E-state index >= 15 is 0 Å². The normalized spacial score (nSPS) is 22.4. The van der Waals surface area contributed by atoms with Gasteiger partial charge in [-0.15, -0.1) is 0 Å². The molecule has 2 aromatic heterocycles. The summed E-state index contributed by atoms with van der Waals surface area (Å²) in [5.41, 5.74) is 1.89. The second-order valence-electron chi connectivity index (χ2n) is 4.22. The Morgan fingerprint density at radius 1 is 1.47 bits per heavy atom. The quantitative estimate of drug-likeness (QED) is 0.788. The van der Waals surface area contributed by atoms with Gasteiger partial charge < -0.3 is 19.3 Å². The number of hydrogen-bond donors (Lipinski definition) is 0. The molecule has 1 aliphatic rings. The van der Waals surface area contributed by atoms with E-state index in [1.54, 1.807) is 4.57 Å². The summed E-state index contributed by atoms with van der Waals surface area (Å²) in [5.74, 6) is -0.308. The van der Waals surface area contributed by atoms with Gasteiger partial charge in [-0.2, -0.15) is 0 Å². The number of imidazole rings is 1. The van der Waals surface area contributed by atoms with Crippen LogP contribution in [0.4, 0.5) is 4.39 Å². The van der Waals surface area contributed by atoms with Crippen LogP contribution in [0, 0.1) is 13.3 Å². The fourth-order valence-corrected chi connectivity index (χ4v) is 2.03. The van der Waals surface area contributed by atoms with Crippen LogP contribution in [0.3, 0.4) is 0 Å². The summed E-state index contributed by atoms with van der Waals surface area (Å²) in [6, 6.07) is 0. The first kappa shape index (κ1) is 14.7. The maximum absolute atomic E-state index is 13.9. The van der Waals surface area contributed by atoms with E-state index in [2.05, 4.69) is 21.3 Å². The van der Waals surface area contributed by atoms with Crippen molar-refractivity contribution in [3.8, 4) is 0 Å². The van der Waals surface area contributed by atoms with Crippen LogP contribution < -0.4 is 0 Å². The van der Waals surface area contributed by atoms with E-state index in [0.29, 0.717) is 16.9 Å². The van der Waals surface area contributed by atoms with Gasteiger partial charge in [0.15, 0.2) is 6.23 Å². The third-order valence-corrected chi connectivity index (χ3v) is 3.02. The van der Waals surface area contributed by atoms with Crippen LogP contribution in [0.5, 0.6) is 0 Å². The number of aryl methyl sites for hydroxylation is 1. The molecule has 0 unspecified atom stereocenters. The van der Waals surface area contributed by atoms with Crippen molar-refractivity contribution in [3.05, 3.63) is 30.3 Å². The first-order valence-corrected chi connectivity index (χ1v) is 5.80. The summed E-state index contributed by atoms with van der Waals surface area (Å²) in [4.78, 5) is 12.2. The molecule has 0 spiro atoms. The molecule has 2 aromatic rings. The molecular weight excluding hydrogens is 324 g/mol. The minimum Gasteiger partial charge on any atom is -0.369 e. The minimum atomic E-state index is -0.775. The zero-order valence-electron chi connectivity index (χ0n) is 10.7. The standard InChI is InChI=1S/C12H12FN4O.Y/c1-3-8-4-9(13)12(18-8)17-6-16-10-7(2)14-5-15-11(10)17;/h4,6,8,12H,3H2,1-2H3;/q-1;/t8-,12-;/m0./s1. The molecule has 7 heteroatoms. The van der Waals surface area contributed by atoms with Gasteiger partial charge in [0.25, 0.3) is 0 Å². The topological polar surface area (TPSA) is 52.8 Å². The molecule has 0 saturated heterocycles. The van der Waals surface area contributed by atoms with Crippen molar-refractivity contribution in [1.82, 2.24) is 19.5 Å². The number of aromatic nitrogens is 4. The molecule has 3 rings (SSSR count). The van der Waals surface area contributed by atoms with E-state index in [1.165, 1.54) is 12.4 Å². The Hall–Kier alpha value is -0.716. The van der Waals surface area contributed by atoms with Crippen molar-refractivity contribution in [2.24, 2.45) is 0 Å². The first-order valence-electron chi connectivity index (χ1n) is 5.80. The number of nitrogens with zero attached hydrogens (tertiary/aromatic N) is 4. The van der Waals surface area contributed by atoms with Gasteiger partial charge in [-0.3, -0.25) is 4.98 Å². The molecular formula is C12H12FN4OY-. The van der Waals surface area contributed by atoms with E-state index in [-0.39, 0.29) is 44.6 Å². The molecule has 97 valence electrons. The Labute approximate surface area is 135 Å². The van der Waals surface area contributed by atoms with Crippen LogP contribution in [0.15, 0.2) is 18.2 Å². The average molecular weight is 336 g/mol. The van der Waals surface area contributed by atoms with E-state index in [4.69, 9.17) is 4.74 Å². The Balaban J connectivity index is 0.00000133. The predicted molar refractivity (Wildman–Crippen MR) is 62.3 cm³/mol. The molecule has 5 nitrogen and oxygen atoms in total. The third kappa shape index (κ3) is 2.49. The van der Waals surface area contributed by atoms with Gasteiger partial charge in [-0.1, -0.05) is 13.8 Å². The third-order valence-electron chi connectivity index (χ3n) is 3.02. The molecule has 1 aliphatic heterocycles. The molecule has 19 heavy (non-hydrogen) atoms. The Morgan fingerprint density at radius 2 is 2.26 bits per heavy atom. The number of ether oxygens (including phenoxy) is 1. The Bertz CT molecular complexity index is 627. The van der Waals surface area contributed by atoms with E-state index in [1.807, 2.05) is 13.8 Å². The molecule has 0 aromatic carbocycles. The smallest absolute Gasteiger partial charge is 0.179 e. The number of fused-ring (bicyclic) bond motifs is 1. The van der Waals surface area contributed by atoms with E-state index in [9.17, 15) is 4.39 Å². The fourth-order valence-electron chi connectivity index (χ4n) is 2.03. The maximum atomic E-state index is 13.9. The second kappa shape index (κ2) is 5.73. The van der Waals surface area contributed by atoms with E-state index < -0.39 is 6.23 Å². The summed E-state index contributed by atoms with van der Waals surface area (Å²) in [6.07, 6.45) is 5.32. The van der Waals surface area contributed by atoms with Gasteiger partial charge in [0, 0.05) is 44.6 Å². The summed E-state index contributed by atoms with van der Waals surface area (Å²) < 4.78 is 21.0. The number of halogens is 1. The van der Waals surface area contributed by atoms with E-state index in [0.717, 1.165) is 6.42 Å². The molecule has 1 radical (unpaired) electrons. The Morgan fingerprint density at radius 3 is 2.95 bits per heavy atom. The zero-order valence-corrected chi connectivity index (χ0v) is 13.5. The monoisotopic (exact) mass is 336 g/mol. The minimum absolute atomic E-state index is 0. The van der Waals surface area contributed by atoms with Gasteiger partial charge >= 0.3 is 0 Å². The number of hydrogen-bond acceptors (Lipinski definition) is 4. The molecule has 0 fully saturated rings. The molecule has 0 bridgehead atoms. The van der Waals surface area contributed by atoms with Crippen molar-refractivity contribution in [2.45, 2.75) is 32.6 Å². The summed E-state index contributed by atoms with van der Waals surface area (Å²) in [7, 11) is 0. The molecule has 0 amide bonds. The largest absolute Gasteiger partial charge is 0.369 e. The zero-order chi connectivity index (χ0) is 12.7. The van der Waals surface area contributed by atoms with Crippen LogP contribution in [-0.2, 0) is 37.4 Å². The predicted octanol–water partition coefficient (Wildman–Crippen LogP) is 2.09. The Kier molecular flexibility index (Phi) is 4.43. The summed E-state index contributed by atoms with van der Waals surface area (Å²) in [5, 5.41) is 0. The SMILES string of the molecule is CC[C@H]1C=C(F)[C@@H](n2cnc3c(C)n[c-]nc32)O1.[Y]. The van der Waals surface area contributed by atoms with Crippen LogP contribution in [0.2, 0.25) is 0 Å². The van der Waals surface area contributed by atoms with Crippen molar-refractivity contribution in [1.29, 1.82) is 0 Å². The molecule has 0 saturated carbocycles. The number of rotatable bonds is 2. The van der Waals surface area contributed by atoms with Gasteiger partial charge in [0.1, 0.15) is 5.83 Å².